The summed E-state index contributed by atoms with van der Waals surface area (Å²) in [5.74, 6) is 0.0244. The maximum absolute atomic E-state index is 12.6. The normalized spacial score (nSPS) is 23.0. The van der Waals surface area contributed by atoms with Crippen LogP contribution < -0.4 is 5.32 Å². The molecule has 1 aliphatic carbocycles. The molecule has 3 rings (SSSR count). The van der Waals surface area contributed by atoms with Crippen molar-refractivity contribution in [3.8, 4) is 0 Å². The third-order valence-electron chi connectivity index (χ3n) is 5.16. The van der Waals surface area contributed by atoms with Gasteiger partial charge in [0.1, 0.15) is 0 Å². The van der Waals surface area contributed by atoms with Gasteiger partial charge in [-0.05, 0) is 24.8 Å². The van der Waals surface area contributed by atoms with Gasteiger partial charge in [0, 0.05) is 25.0 Å². The number of nitrogens with one attached hydrogen (secondary N) is 1. The summed E-state index contributed by atoms with van der Waals surface area (Å²) in [6, 6.07) is 8.84. The quantitative estimate of drug-likeness (QED) is 0.887. The van der Waals surface area contributed by atoms with Crippen molar-refractivity contribution in [1.82, 2.24) is 10.2 Å². The van der Waals surface area contributed by atoms with Gasteiger partial charge in [-0.3, -0.25) is 9.59 Å². The van der Waals surface area contributed by atoms with Crippen LogP contribution in [-0.2, 0) is 9.59 Å². The number of nitrogens with zero attached hydrogens (tertiary/aromatic N) is 1. The molecule has 2 aliphatic rings. The fourth-order valence-corrected chi connectivity index (χ4v) is 3.75. The van der Waals surface area contributed by atoms with E-state index in [-0.39, 0.29) is 17.9 Å². The first kappa shape index (κ1) is 17.0. The second-order valence-corrected chi connectivity index (χ2v) is 6.93. The van der Waals surface area contributed by atoms with Crippen LogP contribution in [0.4, 0.5) is 0 Å². The lowest BCUT2D eigenvalue weighted by atomic mass is 9.88. The molecule has 24 heavy (non-hydrogen) atoms. The second-order valence-electron chi connectivity index (χ2n) is 6.93. The summed E-state index contributed by atoms with van der Waals surface area (Å²) >= 11 is 0. The van der Waals surface area contributed by atoms with E-state index in [0.717, 1.165) is 32.1 Å². The summed E-state index contributed by atoms with van der Waals surface area (Å²) in [6.45, 7) is 1.25. The molecular formula is C19H26N2O3. The molecule has 130 valence electrons. The molecule has 1 saturated heterocycles. The number of benzene rings is 1. The molecule has 5 nitrogen and oxygen atoms in total. The van der Waals surface area contributed by atoms with Crippen LogP contribution in [0.25, 0.3) is 0 Å². The molecule has 0 radical (unpaired) electrons. The number of carbonyl (C=O) groups excluding carboxylic acids is 2. The Kier molecular flexibility index (Phi) is 5.51. The zero-order chi connectivity index (χ0) is 16.9. The van der Waals surface area contributed by atoms with Gasteiger partial charge in [-0.1, -0.05) is 49.6 Å². The smallest absolute Gasteiger partial charge is 0.253 e. The number of rotatable bonds is 4. The monoisotopic (exact) mass is 330 g/mol. The molecule has 1 aromatic carbocycles. The molecule has 0 bridgehead atoms. The molecule has 5 heteroatoms. The maximum atomic E-state index is 12.6. The summed E-state index contributed by atoms with van der Waals surface area (Å²) in [5, 5.41) is 13.0. The van der Waals surface area contributed by atoms with Crippen molar-refractivity contribution < 1.29 is 14.7 Å². The lowest BCUT2D eigenvalue weighted by Crippen LogP contribution is -2.42. The van der Waals surface area contributed by atoms with Gasteiger partial charge in [0.25, 0.3) is 5.91 Å². The Morgan fingerprint density at radius 1 is 1.08 bits per heavy atom. The zero-order valence-electron chi connectivity index (χ0n) is 14.0. The van der Waals surface area contributed by atoms with Crippen LogP contribution in [0, 0.1) is 5.92 Å². The molecule has 0 aromatic heterocycles. The first-order valence-electron chi connectivity index (χ1n) is 8.97. The molecule has 1 heterocycles. The number of aliphatic hydroxyl groups is 1. The van der Waals surface area contributed by atoms with Crippen LogP contribution in [0.3, 0.4) is 0 Å². The predicted molar refractivity (Wildman–Crippen MR) is 91.1 cm³/mol. The van der Waals surface area contributed by atoms with Crippen LogP contribution in [0.2, 0.25) is 0 Å². The van der Waals surface area contributed by atoms with Crippen molar-refractivity contribution >= 4 is 11.8 Å². The van der Waals surface area contributed by atoms with Gasteiger partial charge in [-0.15, -0.1) is 0 Å². The van der Waals surface area contributed by atoms with Crippen molar-refractivity contribution in [3.63, 3.8) is 0 Å². The molecule has 0 spiro atoms. The maximum Gasteiger partial charge on any atom is 0.253 e. The first-order chi connectivity index (χ1) is 11.6. The largest absolute Gasteiger partial charge is 0.378 e. The summed E-state index contributed by atoms with van der Waals surface area (Å²) in [5.41, 5.74) is 0.586. The highest BCUT2D eigenvalue weighted by atomic mass is 16.3. The van der Waals surface area contributed by atoms with Crippen LogP contribution in [-0.4, -0.2) is 41.0 Å². The molecule has 1 aromatic rings. The third-order valence-corrected chi connectivity index (χ3v) is 5.16. The van der Waals surface area contributed by atoms with Gasteiger partial charge in [0.2, 0.25) is 5.91 Å². The van der Waals surface area contributed by atoms with Crippen LogP contribution >= 0.6 is 0 Å². The third kappa shape index (κ3) is 3.96. The first-order valence-corrected chi connectivity index (χ1v) is 8.97. The molecule has 2 amide bonds. The highest BCUT2D eigenvalue weighted by Gasteiger charge is 2.32. The molecule has 1 saturated carbocycles. The van der Waals surface area contributed by atoms with Gasteiger partial charge in [0.15, 0.2) is 6.10 Å². The molecule has 2 N–H and O–H groups in total. The van der Waals surface area contributed by atoms with E-state index in [0.29, 0.717) is 18.7 Å². The van der Waals surface area contributed by atoms with Crippen LogP contribution in [0.1, 0.15) is 50.2 Å². The van der Waals surface area contributed by atoms with Crippen LogP contribution in [0.5, 0.6) is 0 Å². The minimum absolute atomic E-state index is 0.0663. The Bertz CT molecular complexity index is 569. The Labute approximate surface area is 143 Å². The molecule has 2 unspecified atom stereocenters. The van der Waals surface area contributed by atoms with Gasteiger partial charge in [0.05, 0.1) is 0 Å². The Hall–Kier alpha value is -1.88. The van der Waals surface area contributed by atoms with Gasteiger partial charge in [-0.2, -0.15) is 0 Å². The van der Waals surface area contributed by atoms with Crippen molar-refractivity contribution in [1.29, 1.82) is 0 Å². The van der Waals surface area contributed by atoms with E-state index in [1.807, 2.05) is 11.0 Å². The lowest BCUT2D eigenvalue weighted by molar-refractivity contribution is -0.136. The Balaban J connectivity index is 1.50. The number of carbonyl (C=O) groups is 2. The summed E-state index contributed by atoms with van der Waals surface area (Å²) in [7, 11) is 0. The summed E-state index contributed by atoms with van der Waals surface area (Å²) in [4.78, 5) is 26.6. The minimum atomic E-state index is -1.16. The van der Waals surface area contributed by atoms with E-state index in [1.165, 1.54) is 6.42 Å². The zero-order valence-corrected chi connectivity index (χ0v) is 14.0. The molecule has 1 aliphatic heterocycles. The van der Waals surface area contributed by atoms with Crippen molar-refractivity contribution in [2.45, 2.75) is 50.7 Å². The van der Waals surface area contributed by atoms with Crippen LogP contribution in [0.15, 0.2) is 30.3 Å². The van der Waals surface area contributed by atoms with E-state index >= 15 is 0 Å². The fourth-order valence-electron chi connectivity index (χ4n) is 3.75. The molecule has 2 fully saturated rings. The van der Waals surface area contributed by atoms with E-state index in [1.54, 1.807) is 24.3 Å². The Morgan fingerprint density at radius 2 is 1.79 bits per heavy atom. The van der Waals surface area contributed by atoms with Crippen molar-refractivity contribution in [3.05, 3.63) is 35.9 Å². The van der Waals surface area contributed by atoms with Gasteiger partial charge >= 0.3 is 0 Å². The molecular weight excluding hydrogens is 304 g/mol. The summed E-state index contributed by atoms with van der Waals surface area (Å²) in [6.07, 6.45) is 5.12. The number of aliphatic hydroxyl groups excluding tert-OH is 1. The van der Waals surface area contributed by atoms with E-state index in [4.69, 9.17) is 0 Å². The second kappa shape index (κ2) is 7.79. The number of amides is 2. The van der Waals surface area contributed by atoms with E-state index in [2.05, 4.69) is 5.32 Å². The standard InChI is InChI=1S/C19H26N2O3/c22-17(14-7-3-1-4-8-14)18(23)20-16-11-12-21(13-16)19(24)15-9-5-2-6-10-15/h1,3-4,7-8,15-17,22H,2,5-6,9-13H2,(H,20,23). The number of likely N-dealkylation sites (tertiary alicyclic amines) is 1. The van der Waals surface area contributed by atoms with Crippen molar-refractivity contribution in [2.75, 3.05) is 13.1 Å². The van der Waals surface area contributed by atoms with E-state index in [9.17, 15) is 14.7 Å². The predicted octanol–water partition coefficient (Wildman–Crippen LogP) is 2.02. The van der Waals surface area contributed by atoms with Crippen molar-refractivity contribution in [2.24, 2.45) is 5.92 Å². The Morgan fingerprint density at radius 3 is 2.50 bits per heavy atom. The minimum Gasteiger partial charge on any atom is -0.378 e. The average molecular weight is 330 g/mol. The lowest BCUT2D eigenvalue weighted by Gasteiger charge is -2.26. The summed E-state index contributed by atoms with van der Waals surface area (Å²) < 4.78 is 0. The number of hydrogen-bond acceptors (Lipinski definition) is 3. The highest BCUT2D eigenvalue weighted by molar-refractivity contribution is 5.83. The van der Waals surface area contributed by atoms with E-state index < -0.39 is 12.0 Å². The number of hydrogen-bond donors (Lipinski definition) is 2. The molecule has 2 atom stereocenters. The highest BCUT2D eigenvalue weighted by Crippen LogP contribution is 2.27. The average Bonchev–Trinajstić information content (AvgIpc) is 3.10. The fraction of sp³-hybridized carbons (Fsp3) is 0.579. The van der Waals surface area contributed by atoms with Gasteiger partial charge in [-0.25, -0.2) is 0 Å². The van der Waals surface area contributed by atoms with Gasteiger partial charge < -0.3 is 15.3 Å². The SMILES string of the molecule is O=C(NC1CCN(C(=O)C2CCCCC2)C1)C(O)c1ccccc1. The topological polar surface area (TPSA) is 69.6 Å².